The third-order valence-corrected chi connectivity index (χ3v) is 5.40. The maximum Gasteiger partial charge on any atom is 0.231 e. The lowest BCUT2D eigenvalue weighted by Crippen LogP contribution is -2.43. The number of hydrogen-bond acceptors (Lipinski definition) is 8. The number of pyridine rings is 1. The monoisotopic (exact) mass is 404 g/mol. The number of aliphatic hydroxyl groups excluding tert-OH is 1. The van der Waals surface area contributed by atoms with Gasteiger partial charge in [-0.1, -0.05) is 6.07 Å². The molecule has 8 heteroatoms. The highest BCUT2D eigenvalue weighted by molar-refractivity contribution is 5.92. The highest BCUT2D eigenvalue weighted by Crippen LogP contribution is 2.29. The molecule has 0 amide bonds. The summed E-state index contributed by atoms with van der Waals surface area (Å²) in [7, 11) is 1.50. The number of benzene rings is 1. The van der Waals surface area contributed by atoms with Crippen LogP contribution in [0.15, 0.2) is 36.8 Å². The SMILES string of the molecule is COc1ncc(-c2ccc3ncnc(N[C@H]4CCCN(CCO)C4)c3c2)cc1C#N. The minimum absolute atomic E-state index is 0.174. The van der Waals surface area contributed by atoms with Crippen LogP contribution in [0.1, 0.15) is 18.4 Å². The number of aromatic nitrogens is 3. The normalized spacial score (nSPS) is 16.9. The van der Waals surface area contributed by atoms with E-state index in [-0.39, 0.29) is 12.6 Å². The number of nitriles is 1. The molecule has 2 aromatic heterocycles. The predicted molar refractivity (Wildman–Crippen MR) is 114 cm³/mol. The van der Waals surface area contributed by atoms with Crippen molar-refractivity contribution in [2.24, 2.45) is 0 Å². The number of likely N-dealkylation sites (tertiary alicyclic amines) is 1. The average Bonchev–Trinajstić information content (AvgIpc) is 2.79. The molecule has 0 unspecified atom stereocenters. The van der Waals surface area contributed by atoms with Crippen LogP contribution in [0.25, 0.3) is 22.0 Å². The van der Waals surface area contributed by atoms with E-state index in [4.69, 9.17) is 4.74 Å². The Morgan fingerprint density at radius 2 is 2.17 bits per heavy atom. The van der Waals surface area contributed by atoms with Gasteiger partial charge in [-0.3, -0.25) is 4.90 Å². The molecule has 0 aliphatic carbocycles. The number of aliphatic hydroxyl groups is 1. The molecule has 154 valence electrons. The van der Waals surface area contributed by atoms with Crippen LogP contribution < -0.4 is 10.1 Å². The van der Waals surface area contributed by atoms with E-state index >= 15 is 0 Å². The van der Waals surface area contributed by atoms with Gasteiger partial charge in [0.15, 0.2) is 0 Å². The van der Waals surface area contributed by atoms with Gasteiger partial charge in [0.25, 0.3) is 0 Å². The molecule has 1 aromatic carbocycles. The van der Waals surface area contributed by atoms with Crippen molar-refractivity contribution >= 4 is 16.7 Å². The van der Waals surface area contributed by atoms with Crippen LogP contribution in [0.5, 0.6) is 5.88 Å². The molecule has 30 heavy (non-hydrogen) atoms. The van der Waals surface area contributed by atoms with E-state index < -0.39 is 0 Å². The quantitative estimate of drug-likeness (QED) is 0.645. The first-order valence-corrected chi connectivity index (χ1v) is 10.0. The van der Waals surface area contributed by atoms with Gasteiger partial charge in [0.1, 0.15) is 23.8 Å². The second-order valence-corrected chi connectivity index (χ2v) is 7.35. The van der Waals surface area contributed by atoms with Gasteiger partial charge in [0.2, 0.25) is 5.88 Å². The lowest BCUT2D eigenvalue weighted by Gasteiger charge is -2.33. The molecule has 0 radical (unpaired) electrons. The minimum atomic E-state index is 0.174. The van der Waals surface area contributed by atoms with E-state index in [1.807, 2.05) is 18.2 Å². The standard InChI is InChI=1S/C22H24N6O2/c1-30-22-16(11-23)9-17(12-24-22)15-4-5-20-19(10-15)21(26-14-25-20)27-18-3-2-6-28(13-18)7-8-29/h4-5,9-10,12,14,18,29H,2-3,6-8,13H2,1H3,(H,25,26,27)/t18-/m0/s1. The Morgan fingerprint density at radius 3 is 2.97 bits per heavy atom. The third-order valence-electron chi connectivity index (χ3n) is 5.40. The largest absolute Gasteiger partial charge is 0.480 e. The molecule has 3 heterocycles. The van der Waals surface area contributed by atoms with Crippen molar-refractivity contribution < 1.29 is 9.84 Å². The van der Waals surface area contributed by atoms with Crippen LogP contribution in [0.2, 0.25) is 0 Å². The number of piperidine rings is 1. The molecule has 8 nitrogen and oxygen atoms in total. The Balaban J connectivity index is 1.65. The van der Waals surface area contributed by atoms with Crippen molar-refractivity contribution in [2.45, 2.75) is 18.9 Å². The van der Waals surface area contributed by atoms with Crippen LogP contribution in [0.4, 0.5) is 5.82 Å². The smallest absolute Gasteiger partial charge is 0.231 e. The van der Waals surface area contributed by atoms with Crippen LogP contribution >= 0.6 is 0 Å². The van der Waals surface area contributed by atoms with Crippen LogP contribution in [0, 0.1) is 11.3 Å². The topological polar surface area (TPSA) is 107 Å². The van der Waals surface area contributed by atoms with Gasteiger partial charge in [-0.05, 0) is 43.1 Å². The number of nitrogens with one attached hydrogen (secondary N) is 1. The van der Waals surface area contributed by atoms with Gasteiger partial charge in [-0.2, -0.15) is 5.26 Å². The zero-order valence-corrected chi connectivity index (χ0v) is 16.9. The fourth-order valence-corrected chi connectivity index (χ4v) is 3.92. The first-order chi connectivity index (χ1) is 14.7. The summed E-state index contributed by atoms with van der Waals surface area (Å²) in [6, 6.07) is 10.1. The number of methoxy groups -OCH3 is 1. The number of anilines is 1. The Morgan fingerprint density at radius 1 is 1.27 bits per heavy atom. The summed E-state index contributed by atoms with van der Waals surface area (Å²) in [5, 5.41) is 23.1. The second-order valence-electron chi connectivity index (χ2n) is 7.35. The van der Waals surface area contributed by atoms with Gasteiger partial charge in [-0.25, -0.2) is 15.0 Å². The van der Waals surface area contributed by atoms with Crippen LogP contribution in [0.3, 0.4) is 0 Å². The van der Waals surface area contributed by atoms with Crippen molar-refractivity contribution in [3.63, 3.8) is 0 Å². The highest BCUT2D eigenvalue weighted by atomic mass is 16.5. The van der Waals surface area contributed by atoms with Gasteiger partial charge in [0.05, 0.1) is 19.2 Å². The molecule has 1 aliphatic rings. The third kappa shape index (κ3) is 4.17. The fraction of sp³-hybridized carbons (Fsp3) is 0.364. The fourth-order valence-electron chi connectivity index (χ4n) is 3.92. The molecule has 0 bridgehead atoms. The first kappa shape index (κ1) is 20.0. The van der Waals surface area contributed by atoms with Gasteiger partial charge in [0, 0.05) is 36.3 Å². The molecule has 0 saturated carbocycles. The number of ether oxygens (including phenoxy) is 1. The number of fused-ring (bicyclic) bond motifs is 1. The van der Waals surface area contributed by atoms with E-state index in [9.17, 15) is 10.4 Å². The number of rotatable bonds is 6. The maximum atomic E-state index is 9.36. The second kappa shape index (κ2) is 9.03. The maximum absolute atomic E-state index is 9.36. The zero-order chi connectivity index (χ0) is 20.9. The van der Waals surface area contributed by atoms with Crippen molar-refractivity contribution in [3.8, 4) is 23.1 Å². The Labute approximate surface area is 175 Å². The first-order valence-electron chi connectivity index (χ1n) is 10.0. The lowest BCUT2D eigenvalue weighted by atomic mass is 10.0. The summed E-state index contributed by atoms with van der Waals surface area (Å²) in [5.74, 6) is 1.11. The molecule has 1 aliphatic heterocycles. The van der Waals surface area contributed by atoms with Gasteiger partial charge < -0.3 is 15.2 Å². The summed E-state index contributed by atoms with van der Waals surface area (Å²) < 4.78 is 5.14. The average molecular weight is 404 g/mol. The van der Waals surface area contributed by atoms with E-state index in [0.717, 1.165) is 53.8 Å². The van der Waals surface area contributed by atoms with Crippen molar-refractivity contribution in [1.82, 2.24) is 19.9 Å². The predicted octanol–water partition coefficient (Wildman–Crippen LogP) is 2.44. The van der Waals surface area contributed by atoms with Crippen molar-refractivity contribution in [1.29, 1.82) is 5.26 Å². The van der Waals surface area contributed by atoms with E-state index in [0.29, 0.717) is 18.0 Å². The van der Waals surface area contributed by atoms with E-state index in [1.54, 1.807) is 18.6 Å². The van der Waals surface area contributed by atoms with E-state index in [1.165, 1.54) is 7.11 Å². The molecule has 4 rings (SSSR count). The van der Waals surface area contributed by atoms with Gasteiger partial charge in [-0.15, -0.1) is 0 Å². The Hall–Kier alpha value is -3.28. The van der Waals surface area contributed by atoms with Crippen LogP contribution in [-0.4, -0.2) is 64.4 Å². The molecular formula is C22H24N6O2. The highest BCUT2D eigenvalue weighted by Gasteiger charge is 2.20. The molecule has 2 N–H and O–H groups in total. The molecular weight excluding hydrogens is 380 g/mol. The van der Waals surface area contributed by atoms with Crippen molar-refractivity contribution in [2.75, 3.05) is 38.7 Å². The number of β-amino-alcohol motifs (C(OH)–C–C–N with tert-alkyl or cyclic N) is 1. The molecule has 1 fully saturated rings. The molecule has 3 aromatic rings. The van der Waals surface area contributed by atoms with Gasteiger partial charge >= 0.3 is 0 Å². The zero-order valence-electron chi connectivity index (χ0n) is 16.9. The molecule has 1 atom stereocenters. The number of hydrogen-bond donors (Lipinski definition) is 2. The summed E-state index contributed by atoms with van der Waals surface area (Å²) in [5.41, 5.74) is 3.00. The molecule has 1 saturated heterocycles. The summed E-state index contributed by atoms with van der Waals surface area (Å²) in [6.45, 7) is 2.75. The Kier molecular flexibility index (Phi) is 6.02. The number of nitrogens with zero attached hydrogens (tertiary/aromatic N) is 5. The Bertz CT molecular complexity index is 1080. The summed E-state index contributed by atoms with van der Waals surface area (Å²) in [6.07, 6.45) is 5.41. The van der Waals surface area contributed by atoms with E-state index in [2.05, 4.69) is 31.2 Å². The van der Waals surface area contributed by atoms with Crippen molar-refractivity contribution in [3.05, 3.63) is 42.4 Å². The minimum Gasteiger partial charge on any atom is -0.480 e. The lowest BCUT2D eigenvalue weighted by molar-refractivity contribution is 0.166. The van der Waals surface area contributed by atoms with Crippen LogP contribution in [-0.2, 0) is 0 Å². The summed E-state index contributed by atoms with van der Waals surface area (Å²) in [4.78, 5) is 15.4. The summed E-state index contributed by atoms with van der Waals surface area (Å²) >= 11 is 0. The molecule has 0 spiro atoms.